The second kappa shape index (κ2) is 5.50. The minimum atomic E-state index is -0.542. The maximum atomic E-state index is 12.0. The van der Waals surface area contributed by atoms with Crippen molar-refractivity contribution in [2.24, 2.45) is 11.1 Å². The van der Waals surface area contributed by atoms with Crippen molar-refractivity contribution in [2.45, 2.75) is 26.7 Å². The fourth-order valence-corrected chi connectivity index (χ4v) is 1.49. The fraction of sp³-hybridized carbons (Fsp3) is 0.600. The van der Waals surface area contributed by atoms with E-state index in [2.05, 4.69) is 20.5 Å². The molecule has 0 aliphatic carbocycles. The van der Waals surface area contributed by atoms with Crippen LogP contribution in [0.2, 0.25) is 0 Å². The Labute approximate surface area is 94.7 Å². The summed E-state index contributed by atoms with van der Waals surface area (Å²) in [6.45, 7) is 4.20. The highest BCUT2D eigenvalue weighted by molar-refractivity contribution is 5.93. The summed E-state index contributed by atoms with van der Waals surface area (Å²) >= 11 is 0. The first-order valence-electron chi connectivity index (χ1n) is 5.33. The molecule has 6 heteroatoms. The fourth-order valence-electron chi connectivity index (χ4n) is 1.49. The summed E-state index contributed by atoms with van der Waals surface area (Å²) in [6, 6.07) is 0. The molecular weight excluding hydrogens is 206 g/mol. The van der Waals surface area contributed by atoms with E-state index in [1.807, 2.05) is 13.8 Å². The number of carbonyl (C=O) groups is 1. The standard InChI is InChI=1S/C10H17N5O/c1-3-10(4-2,7-11)8(16)14-9-12-5-6-13-15-9/h5-6H,3-4,7,11H2,1-2H3,(H,12,14,15,16). The van der Waals surface area contributed by atoms with Gasteiger partial charge in [-0.05, 0) is 12.8 Å². The summed E-state index contributed by atoms with van der Waals surface area (Å²) in [4.78, 5) is 15.9. The minimum absolute atomic E-state index is 0.145. The minimum Gasteiger partial charge on any atom is -0.329 e. The van der Waals surface area contributed by atoms with Gasteiger partial charge in [-0.2, -0.15) is 5.10 Å². The zero-order valence-corrected chi connectivity index (χ0v) is 9.60. The molecule has 0 unspecified atom stereocenters. The molecule has 3 N–H and O–H groups in total. The average Bonchev–Trinajstić information content (AvgIpc) is 2.33. The van der Waals surface area contributed by atoms with Crippen molar-refractivity contribution < 1.29 is 4.79 Å². The van der Waals surface area contributed by atoms with Gasteiger partial charge in [0.15, 0.2) is 0 Å². The normalized spacial score (nSPS) is 11.2. The molecule has 0 aliphatic heterocycles. The van der Waals surface area contributed by atoms with Gasteiger partial charge in [0.1, 0.15) is 0 Å². The molecule has 16 heavy (non-hydrogen) atoms. The van der Waals surface area contributed by atoms with Gasteiger partial charge in [0.25, 0.3) is 0 Å². The molecule has 88 valence electrons. The van der Waals surface area contributed by atoms with Crippen LogP contribution in [0.15, 0.2) is 12.4 Å². The number of anilines is 1. The highest BCUT2D eigenvalue weighted by atomic mass is 16.2. The van der Waals surface area contributed by atoms with Crippen LogP contribution in [-0.2, 0) is 4.79 Å². The summed E-state index contributed by atoms with van der Waals surface area (Å²) in [5.74, 6) is 0.0697. The molecule has 0 fully saturated rings. The van der Waals surface area contributed by atoms with Gasteiger partial charge in [0.05, 0.1) is 17.8 Å². The molecule has 1 rings (SSSR count). The Morgan fingerprint density at radius 2 is 2.12 bits per heavy atom. The van der Waals surface area contributed by atoms with Crippen molar-refractivity contribution in [3.63, 3.8) is 0 Å². The van der Waals surface area contributed by atoms with Crippen molar-refractivity contribution in [3.05, 3.63) is 12.4 Å². The molecule has 0 aliphatic rings. The van der Waals surface area contributed by atoms with Crippen LogP contribution in [0, 0.1) is 5.41 Å². The average molecular weight is 223 g/mol. The van der Waals surface area contributed by atoms with E-state index in [1.165, 1.54) is 12.4 Å². The predicted molar refractivity (Wildman–Crippen MR) is 60.5 cm³/mol. The molecule has 0 aromatic carbocycles. The van der Waals surface area contributed by atoms with Gasteiger partial charge >= 0.3 is 0 Å². The Morgan fingerprint density at radius 3 is 2.56 bits per heavy atom. The molecule has 0 spiro atoms. The van der Waals surface area contributed by atoms with E-state index < -0.39 is 5.41 Å². The van der Waals surface area contributed by atoms with E-state index in [0.717, 1.165) is 0 Å². The maximum absolute atomic E-state index is 12.0. The highest BCUT2D eigenvalue weighted by Crippen LogP contribution is 2.26. The first-order valence-corrected chi connectivity index (χ1v) is 5.33. The Bertz CT molecular complexity index is 328. The number of hydrogen-bond donors (Lipinski definition) is 2. The van der Waals surface area contributed by atoms with E-state index in [1.54, 1.807) is 0 Å². The number of rotatable bonds is 5. The Kier molecular flexibility index (Phi) is 4.30. The van der Waals surface area contributed by atoms with Crippen LogP contribution < -0.4 is 11.1 Å². The quantitative estimate of drug-likeness (QED) is 0.761. The van der Waals surface area contributed by atoms with Crippen molar-refractivity contribution in [1.82, 2.24) is 15.2 Å². The molecule has 0 saturated heterocycles. The lowest BCUT2D eigenvalue weighted by Crippen LogP contribution is -2.41. The van der Waals surface area contributed by atoms with Gasteiger partial charge in [0, 0.05) is 6.54 Å². The van der Waals surface area contributed by atoms with Gasteiger partial charge in [-0.3, -0.25) is 10.1 Å². The SMILES string of the molecule is CCC(CC)(CN)C(=O)Nc1nccnn1. The second-order valence-electron chi connectivity index (χ2n) is 3.61. The number of nitrogens with two attached hydrogens (primary N) is 1. The van der Waals surface area contributed by atoms with E-state index >= 15 is 0 Å². The largest absolute Gasteiger partial charge is 0.329 e. The van der Waals surface area contributed by atoms with Crippen molar-refractivity contribution in [2.75, 3.05) is 11.9 Å². The lowest BCUT2D eigenvalue weighted by molar-refractivity contribution is -0.125. The van der Waals surface area contributed by atoms with Crippen LogP contribution in [0.25, 0.3) is 0 Å². The van der Waals surface area contributed by atoms with Gasteiger partial charge < -0.3 is 5.73 Å². The summed E-state index contributed by atoms with van der Waals surface area (Å²) in [7, 11) is 0. The lowest BCUT2D eigenvalue weighted by atomic mass is 9.81. The summed E-state index contributed by atoms with van der Waals surface area (Å²) < 4.78 is 0. The monoisotopic (exact) mass is 223 g/mol. The van der Waals surface area contributed by atoms with Crippen molar-refractivity contribution in [3.8, 4) is 0 Å². The Hall–Kier alpha value is -1.56. The van der Waals surface area contributed by atoms with E-state index in [-0.39, 0.29) is 11.9 Å². The molecule has 1 aromatic heterocycles. The Morgan fingerprint density at radius 1 is 1.44 bits per heavy atom. The summed E-state index contributed by atoms with van der Waals surface area (Å²) in [5, 5.41) is 9.97. The highest BCUT2D eigenvalue weighted by Gasteiger charge is 2.33. The lowest BCUT2D eigenvalue weighted by Gasteiger charge is -2.27. The number of hydrogen-bond acceptors (Lipinski definition) is 5. The van der Waals surface area contributed by atoms with Crippen molar-refractivity contribution >= 4 is 11.9 Å². The van der Waals surface area contributed by atoms with Crippen molar-refractivity contribution in [1.29, 1.82) is 0 Å². The van der Waals surface area contributed by atoms with Crippen LogP contribution in [0.1, 0.15) is 26.7 Å². The first kappa shape index (κ1) is 12.5. The van der Waals surface area contributed by atoms with E-state index in [4.69, 9.17) is 5.73 Å². The second-order valence-corrected chi connectivity index (χ2v) is 3.61. The van der Waals surface area contributed by atoms with Gasteiger partial charge in [-0.1, -0.05) is 13.8 Å². The van der Waals surface area contributed by atoms with Crippen LogP contribution in [-0.4, -0.2) is 27.6 Å². The summed E-state index contributed by atoms with van der Waals surface area (Å²) in [6.07, 6.45) is 4.30. The predicted octanol–water partition coefficient (Wildman–Crippen LogP) is 0.575. The molecule has 0 atom stereocenters. The molecule has 0 saturated carbocycles. The van der Waals surface area contributed by atoms with Crippen LogP contribution in [0.4, 0.5) is 5.95 Å². The third kappa shape index (κ3) is 2.52. The number of nitrogens with zero attached hydrogens (tertiary/aromatic N) is 3. The van der Waals surface area contributed by atoms with Crippen LogP contribution >= 0.6 is 0 Å². The van der Waals surface area contributed by atoms with Crippen LogP contribution in [0.3, 0.4) is 0 Å². The third-order valence-corrected chi connectivity index (χ3v) is 2.93. The zero-order chi connectivity index (χ0) is 12.0. The van der Waals surface area contributed by atoms with E-state index in [0.29, 0.717) is 19.4 Å². The van der Waals surface area contributed by atoms with E-state index in [9.17, 15) is 4.79 Å². The molecular formula is C10H17N5O. The molecule has 1 heterocycles. The number of nitrogens with one attached hydrogen (secondary N) is 1. The van der Waals surface area contributed by atoms with Crippen LogP contribution in [0.5, 0.6) is 0 Å². The van der Waals surface area contributed by atoms with Gasteiger partial charge in [-0.15, -0.1) is 5.10 Å². The smallest absolute Gasteiger partial charge is 0.249 e. The first-order chi connectivity index (χ1) is 7.68. The van der Waals surface area contributed by atoms with Gasteiger partial charge in [-0.25, -0.2) is 4.98 Å². The molecule has 1 aromatic rings. The molecule has 1 amide bonds. The molecule has 6 nitrogen and oxygen atoms in total. The Balaban J connectivity index is 2.78. The maximum Gasteiger partial charge on any atom is 0.249 e. The molecule has 0 radical (unpaired) electrons. The summed E-state index contributed by atoms with van der Waals surface area (Å²) in [5.41, 5.74) is 5.12. The van der Waals surface area contributed by atoms with Gasteiger partial charge in [0.2, 0.25) is 11.9 Å². The topological polar surface area (TPSA) is 93.8 Å². The number of amides is 1. The number of carbonyl (C=O) groups excluding carboxylic acids is 1. The zero-order valence-electron chi connectivity index (χ0n) is 9.60. The third-order valence-electron chi connectivity index (χ3n) is 2.93. The molecule has 0 bridgehead atoms. The number of aromatic nitrogens is 3.